The van der Waals surface area contributed by atoms with Crippen LogP contribution in [0.1, 0.15) is 64.7 Å². The van der Waals surface area contributed by atoms with Crippen molar-refractivity contribution in [2.45, 2.75) is 70.3 Å². The average molecular weight is 224 g/mol. The standard InChI is InChI=1S/C14H28N2/c1-13(7-5-6-8-13)11-16-12-14(15)9-3-2-4-10-14/h16H,2-12,15H2,1H3. The zero-order valence-electron chi connectivity index (χ0n) is 10.9. The van der Waals surface area contributed by atoms with Crippen LogP contribution in [-0.2, 0) is 0 Å². The van der Waals surface area contributed by atoms with Crippen LogP contribution in [0, 0.1) is 5.41 Å². The molecule has 2 heteroatoms. The molecule has 0 atom stereocenters. The summed E-state index contributed by atoms with van der Waals surface area (Å²) >= 11 is 0. The highest BCUT2D eigenvalue weighted by atomic mass is 14.9. The van der Waals surface area contributed by atoms with Gasteiger partial charge in [0.2, 0.25) is 0 Å². The molecule has 2 aliphatic carbocycles. The van der Waals surface area contributed by atoms with Crippen molar-refractivity contribution >= 4 is 0 Å². The Labute approximate surface area is 100 Å². The lowest BCUT2D eigenvalue weighted by Crippen LogP contribution is -2.51. The molecule has 0 saturated heterocycles. The summed E-state index contributed by atoms with van der Waals surface area (Å²) in [6, 6.07) is 0. The molecule has 0 aromatic carbocycles. The Morgan fingerprint density at radius 2 is 1.44 bits per heavy atom. The summed E-state index contributed by atoms with van der Waals surface area (Å²) in [5, 5.41) is 3.65. The maximum Gasteiger partial charge on any atom is 0.0280 e. The molecule has 2 aliphatic rings. The van der Waals surface area contributed by atoms with Crippen LogP contribution >= 0.6 is 0 Å². The number of hydrogen-bond acceptors (Lipinski definition) is 2. The predicted molar refractivity (Wildman–Crippen MR) is 69.4 cm³/mol. The molecule has 94 valence electrons. The van der Waals surface area contributed by atoms with Crippen molar-refractivity contribution in [3.63, 3.8) is 0 Å². The molecule has 0 heterocycles. The first kappa shape index (κ1) is 12.4. The van der Waals surface area contributed by atoms with Gasteiger partial charge in [0.1, 0.15) is 0 Å². The molecule has 0 bridgehead atoms. The highest BCUT2D eigenvalue weighted by Crippen LogP contribution is 2.36. The second kappa shape index (κ2) is 5.05. The first-order valence-corrected chi connectivity index (χ1v) is 7.12. The second-order valence-electron chi connectivity index (χ2n) is 6.54. The highest BCUT2D eigenvalue weighted by molar-refractivity contribution is 4.91. The Balaban J connectivity index is 1.70. The minimum atomic E-state index is 0.104. The molecule has 0 aliphatic heterocycles. The van der Waals surface area contributed by atoms with E-state index in [2.05, 4.69) is 12.2 Å². The van der Waals surface area contributed by atoms with Gasteiger partial charge >= 0.3 is 0 Å². The maximum absolute atomic E-state index is 6.42. The molecule has 0 aromatic heterocycles. The smallest absolute Gasteiger partial charge is 0.0280 e. The quantitative estimate of drug-likeness (QED) is 0.770. The Morgan fingerprint density at radius 3 is 2.06 bits per heavy atom. The van der Waals surface area contributed by atoms with E-state index in [4.69, 9.17) is 5.73 Å². The van der Waals surface area contributed by atoms with Crippen molar-refractivity contribution in [2.24, 2.45) is 11.1 Å². The summed E-state index contributed by atoms with van der Waals surface area (Å²) in [4.78, 5) is 0. The van der Waals surface area contributed by atoms with E-state index in [0.29, 0.717) is 5.41 Å². The minimum Gasteiger partial charge on any atom is -0.324 e. The van der Waals surface area contributed by atoms with E-state index in [9.17, 15) is 0 Å². The highest BCUT2D eigenvalue weighted by Gasteiger charge is 2.31. The molecule has 3 N–H and O–H groups in total. The van der Waals surface area contributed by atoms with Crippen LogP contribution in [0.2, 0.25) is 0 Å². The molecule has 0 spiro atoms. The van der Waals surface area contributed by atoms with Crippen LogP contribution < -0.4 is 11.1 Å². The molecular weight excluding hydrogens is 196 g/mol. The van der Waals surface area contributed by atoms with Crippen LogP contribution in [0.4, 0.5) is 0 Å². The molecule has 0 unspecified atom stereocenters. The van der Waals surface area contributed by atoms with Crippen LogP contribution in [0.3, 0.4) is 0 Å². The van der Waals surface area contributed by atoms with E-state index in [-0.39, 0.29) is 5.54 Å². The van der Waals surface area contributed by atoms with E-state index in [1.807, 2.05) is 0 Å². The Bertz CT molecular complexity index is 213. The molecule has 2 rings (SSSR count). The number of rotatable bonds is 4. The van der Waals surface area contributed by atoms with Crippen molar-refractivity contribution in [3.05, 3.63) is 0 Å². The topological polar surface area (TPSA) is 38.0 Å². The van der Waals surface area contributed by atoms with Crippen LogP contribution in [-0.4, -0.2) is 18.6 Å². The van der Waals surface area contributed by atoms with Crippen molar-refractivity contribution < 1.29 is 0 Å². The molecule has 0 aromatic rings. The van der Waals surface area contributed by atoms with Gasteiger partial charge in [0.25, 0.3) is 0 Å². The van der Waals surface area contributed by atoms with E-state index in [1.54, 1.807) is 0 Å². The normalized spacial score (nSPS) is 28.1. The molecule has 2 nitrogen and oxygen atoms in total. The fourth-order valence-corrected chi connectivity index (χ4v) is 3.45. The van der Waals surface area contributed by atoms with Crippen LogP contribution in [0.5, 0.6) is 0 Å². The summed E-state index contributed by atoms with van der Waals surface area (Å²) in [6.45, 7) is 4.63. The maximum atomic E-state index is 6.42. The van der Waals surface area contributed by atoms with Gasteiger partial charge in [-0.1, -0.05) is 39.0 Å². The van der Waals surface area contributed by atoms with Crippen molar-refractivity contribution in [1.82, 2.24) is 5.32 Å². The summed E-state index contributed by atoms with van der Waals surface area (Å²) in [7, 11) is 0. The summed E-state index contributed by atoms with van der Waals surface area (Å²) in [5.41, 5.74) is 7.09. The first-order valence-electron chi connectivity index (χ1n) is 7.12. The summed E-state index contributed by atoms with van der Waals surface area (Å²) < 4.78 is 0. The fourth-order valence-electron chi connectivity index (χ4n) is 3.45. The van der Waals surface area contributed by atoms with E-state index >= 15 is 0 Å². The number of hydrogen-bond donors (Lipinski definition) is 2. The van der Waals surface area contributed by atoms with Gasteiger partial charge < -0.3 is 11.1 Å². The lowest BCUT2D eigenvalue weighted by molar-refractivity contribution is 0.253. The molecule has 2 saturated carbocycles. The average Bonchev–Trinajstić information content (AvgIpc) is 2.66. The monoisotopic (exact) mass is 224 g/mol. The third-order valence-corrected chi connectivity index (χ3v) is 4.69. The van der Waals surface area contributed by atoms with Gasteiger partial charge in [-0.25, -0.2) is 0 Å². The SMILES string of the molecule is CC1(CNCC2(N)CCCCC2)CCCC1. The van der Waals surface area contributed by atoms with Gasteiger partial charge in [0.05, 0.1) is 0 Å². The number of nitrogens with one attached hydrogen (secondary N) is 1. The van der Waals surface area contributed by atoms with E-state index in [0.717, 1.165) is 6.54 Å². The lowest BCUT2D eigenvalue weighted by Gasteiger charge is -2.35. The van der Waals surface area contributed by atoms with Crippen molar-refractivity contribution in [1.29, 1.82) is 0 Å². The Hall–Kier alpha value is -0.0800. The molecule has 2 fully saturated rings. The third kappa shape index (κ3) is 3.21. The van der Waals surface area contributed by atoms with Gasteiger partial charge in [0.15, 0.2) is 0 Å². The van der Waals surface area contributed by atoms with Crippen LogP contribution in [0.15, 0.2) is 0 Å². The fraction of sp³-hybridized carbons (Fsp3) is 1.00. The predicted octanol–water partition coefficient (Wildman–Crippen LogP) is 2.82. The van der Waals surface area contributed by atoms with Gasteiger partial charge in [-0.15, -0.1) is 0 Å². The van der Waals surface area contributed by atoms with Gasteiger partial charge in [-0.2, -0.15) is 0 Å². The summed E-state index contributed by atoms with van der Waals surface area (Å²) in [5.74, 6) is 0. The lowest BCUT2D eigenvalue weighted by atomic mass is 9.82. The minimum absolute atomic E-state index is 0.104. The van der Waals surface area contributed by atoms with E-state index < -0.39 is 0 Å². The number of nitrogens with two attached hydrogens (primary N) is 1. The van der Waals surface area contributed by atoms with Crippen molar-refractivity contribution in [2.75, 3.05) is 13.1 Å². The largest absolute Gasteiger partial charge is 0.324 e. The molecule has 16 heavy (non-hydrogen) atoms. The zero-order chi connectivity index (χ0) is 11.5. The zero-order valence-corrected chi connectivity index (χ0v) is 10.9. The summed E-state index contributed by atoms with van der Waals surface area (Å²) in [6.07, 6.45) is 12.1. The van der Waals surface area contributed by atoms with Crippen LogP contribution in [0.25, 0.3) is 0 Å². The van der Waals surface area contributed by atoms with Gasteiger partial charge in [-0.3, -0.25) is 0 Å². The molecule has 0 amide bonds. The van der Waals surface area contributed by atoms with Crippen molar-refractivity contribution in [3.8, 4) is 0 Å². The second-order valence-corrected chi connectivity index (χ2v) is 6.54. The van der Waals surface area contributed by atoms with E-state index in [1.165, 1.54) is 64.3 Å². The first-order chi connectivity index (χ1) is 7.62. The third-order valence-electron chi connectivity index (χ3n) is 4.69. The Kier molecular flexibility index (Phi) is 3.91. The van der Waals surface area contributed by atoms with Gasteiger partial charge in [-0.05, 0) is 31.1 Å². The molecule has 0 radical (unpaired) electrons. The van der Waals surface area contributed by atoms with Gasteiger partial charge in [0, 0.05) is 18.6 Å². The molecular formula is C14H28N2. The Morgan fingerprint density at radius 1 is 0.875 bits per heavy atom.